The van der Waals surface area contributed by atoms with Crippen LogP contribution in [0, 0.1) is 11.3 Å². The Kier molecular flexibility index (Phi) is 6.91. The number of ether oxygens (including phenoxy) is 2. The van der Waals surface area contributed by atoms with Gasteiger partial charge in [-0.3, -0.25) is 9.59 Å². The molecule has 8 nitrogen and oxygen atoms in total. The van der Waals surface area contributed by atoms with Crippen molar-refractivity contribution in [3.63, 3.8) is 0 Å². The van der Waals surface area contributed by atoms with Gasteiger partial charge in [0.25, 0.3) is 5.91 Å². The molecule has 0 aromatic heterocycles. The monoisotopic (exact) mass is 366 g/mol. The highest BCUT2D eigenvalue weighted by atomic mass is 16.5. The summed E-state index contributed by atoms with van der Waals surface area (Å²) in [7, 11) is 1.49. The van der Waals surface area contributed by atoms with Crippen LogP contribution in [0.5, 0.6) is 11.5 Å². The van der Waals surface area contributed by atoms with Gasteiger partial charge in [0.1, 0.15) is 6.07 Å². The number of hydrazone groups is 1. The number of hydrogen-bond acceptors (Lipinski definition) is 6. The highest BCUT2D eigenvalue weighted by molar-refractivity contribution is 5.97. The van der Waals surface area contributed by atoms with Gasteiger partial charge in [0.2, 0.25) is 5.91 Å². The molecule has 0 unspecified atom stereocenters. The molecule has 0 saturated carbocycles. The first kappa shape index (κ1) is 19.5. The van der Waals surface area contributed by atoms with Crippen molar-refractivity contribution in [3.05, 3.63) is 53.6 Å². The lowest BCUT2D eigenvalue weighted by atomic mass is 10.2. The molecule has 0 aliphatic rings. The minimum absolute atomic E-state index is 0.0859. The van der Waals surface area contributed by atoms with Crippen LogP contribution in [0.15, 0.2) is 47.6 Å². The van der Waals surface area contributed by atoms with Crippen molar-refractivity contribution in [1.29, 1.82) is 5.26 Å². The maximum absolute atomic E-state index is 12.2. The van der Waals surface area contributed by atoms with E-state index in [9.17, 15) is 9.59 Å². The molecule has 0 radical (unpaired) electrons. The fraction of sp³-hybridized carbons (Fsp3) is 0.158. The van der Waals surface area contributed by atoms with Crippen molar-refractivity contribution in [1.82, 2.24) is 5.43 Å². The zero-order valence-corrected chi connectivity index (χ0v) is 14.9. The summed E-state index contributed by atoms with van der Waals surface area (Å²) in [4.78, 5) is 23.2. The Bertz CT molecular complexity index is 903. The fourth-order valence-corrected chi connectivity index (χ4v) is 2.17. The number of carbonyl (C=O) groups is 2. The number of nitriles is 1. The van der Waals surface area contributed by atoms with E-state index < -0.39 is 5.91 Å². The van der Waals surface area contributed by atoms with Gasteiger partial charge in [-0.2, -0.15) is 10.4 Å². The number of anilines is 1. The van der Waals surface area contributed by atoms with Crippen molar-refractivity contribution in [2.75, 3.05) is 19.0 Å². The molecule has 0 spiro atoms. The third-order valence-electron chi connectivity index (χ3n) is 3.30. The van der Waals surface area contributed by atoms with E-state index in [0.29, 0.717) is 28.3 Å². The summed E-state index contributed by atoms with van der Waals surface area (Å²) in [5, 5.41) is 15.1. The predicted octanol–water partition coefficient (Wildman–Crippen LogP) is 2.32. The molecule has 2 N–H and O–H groups in total. The van der Waals surface area contributed by atoms with E-state index in [2.05, 4.69) is 15.8 Å². The Labute approximate surface area is 156 Å². The standard InChI is InChI=1S/C19H18N4O4/c1-13(24)22-16-5-3-4-15(11-16)19(25)23-21-12-14-6-7-17(27-9-8-20)18(10-14)26-2/h3-7,10-12H,9H2,1-2H3,(H,22,24)(H,23,25)/b21-12-. The summed E-state index contributed by atoms with van der Waals surface area (Å²) in [6.07, 6.45) is 1.45. The molecule has 0 aliphatic heterocycles. The molecule has 2 aromatic carbocycles. The number of amides is 2. The van der Waals surface area contributed by atoms with E-state index in [4.69, 9.17) is 14.7 Å². The van der Waals surface area contributed by atoms with Crippen LogP contribution >= 0.6 is 0 Å². The Balaban J connectivity index is 2.03. The fourth-order valence-electron chi connectivity index (χ4n) is 2.17. The van der Waals surface area contributed by atoms with E-state index in [-0.39, 0.29) is 12.5 Å². The van der Waals surface area contributed by atoms with Gasteiger partial charge in [-0.15, -0.1) is 0 Å². The molecule has 2 aromatic rings. The van der Waals surface area contributed by atoms with E-state index in [1.807, 2.05) is 6.07 Å². The number of nitrogens with zero attached hydrogens (tertiary/aromatic N) is 2. The smallest absolute Gasteiger partial charge is 0.271 e. The first-order chi connectivity index (χ1) is 13.0. The normalized spacial score (nSPS) is 10.1. The van der Waals surface area contributed by atoms with Crippen molar-refractivity contribution >= 4 is 23.7 Å². The second-order valence-electron chi connectivity index (χ2n) is 5.32. The van der Waals surface area contributed by atoms with Crippen LogP contribution in [0.1, 0.15) is 22.8 Å². The van der Waals surface area contributed by atoms with Gasteiger partial charge in [-0.05, 0) is 42.0 Å². The summed E-state index contributed by atoms with van der Waals surface area (Å²) in [5.74, 6) is 0.250. The van der Waals surface area contributed by atoms with Crippen LogP contribution in [0.3, 0.4) is 0 Å². The lowest BCUT2D eigenvalue weighted by molar-refractivity contribution is -0.114. The second kappa shape index (κ2) is 9.58. The maximum Gasteiger partial charge on any atom is 0.271 e. The van der Waals surface area contributed by atoms with Gasteiger partial charge in [-0.25, -0.2) is 5.43 Å². The van der Waals surface area contributed by atoms with Crippen LogP contribution in [0.2, 0.25) is 0 Å². The van der Waals surface area contributed by atoms with Crippen LogP contribution in [-0.4, -0.2) is 31.7 Å². The average molecular weight is 366 g/mol. The number of benzene rings is 2. The number of hydrogen-bond donors (Lipinski definition) is 2. The molecule has 0 fully saturated rings. The SMILES string of the molecule is COc1cc(/C=N\NC(=O)c2cccc(NC(C)=O)c2)ccc1OCC#N. The van der Waals surface area contributed by atoms with Gasteiger partial charge >= 0.3 is 0 Å². The molecular weight excluding hydrogens is 348 g/mol. The molecule has 2 rings (SSSR count). The summed E-state index contributed by atoms with van der Waals surface area (Å²) in [5.41, 5.74) is 3.97. The molecule has 0 saturated heterocycles. The summed E-state index contributed by atoms with van der Waals surface area (Å²) in [6.45, 7) is 1.30. The van der Waals surface area contributed by atoms with Crippen molar-refractivity contribution in [3.8, 4) is 17.6 Å². The lowest BCUT2D eigenvalue weighted by Crippen LogP contribution is -2.18. The quantitative estimate of drug-likeness (QED) is 0.577. The van der Waals surface area contributed by atoms with Crippen LogP contribution in [0.4, 0.5) is 5.69 Å². The summed E-state index contributed by atoms with van der Waals surface area (Å²) in [6, 6.07) is 13.4. The zero-order chi connectivity index (χ0) is 19.6. The van der Waals surface area contributed by atoms with Crippen LogP contribution in [0.25, 0.3) is 0 Å². The molecule has 0 heterocycles. The minimum atomic E-state index is -0.417. The Morgan fingerprint density at radius 2 is 2.04 bits per heavy atom. The molecular formula is C19H18N4O4. The minimum Gasteiger partial charge on any atom is -0.493 e. The van der Waals surface area contributed by atoms with Gasteiger partial charge in [0.05, 0.1) is 13.3 Å². The first-order valence-electron chi connectivity index (χ1n) is 7.92. The Morgan fingerprint density at radius 3 is 2.74 bits per heavy atom. The van der Waals surface area contributed by atoms with Gasteiger partial charge in [0.15, 0.2) is 18.1 Å². The summed E-state index contributed by atoms with van der Waals surface area (Å²) >= 11 is 0. The average Bonchev–Trinajstić information content (AvgIpc) is 2.66. The third-order valence-corrected chi connectivity index (χ3v) is 3.30. The maximum atomic E-state index is 12.2. The number of methoxy groups -OCH3 is 1. The highest BCUT2D eigenvalue weighted by Crippen LogP contribution is 2.27. The highest BCUT2D eigenvalue weighted by Gasteiger charge is 2.07. The van der Waals surface area contributed by atoms with E-state index >= 15 is 0 Å². The predicted molar refractivity (Wildman–Crippen MR) is 99.9 cm³/mol. The topological polar surface area (TPSA) is 113 Å². The zero-order valence-electron chi connectivity index (χ0n) is 14.9. The van der Waals surface area contributed by atoms with E-state index in [0.717, 1.165) is 0 Å². The molecule has 8 heteroatoms. The number of nitrogens with one attached hydrogen (secondary N) is 2. The van der Waals surface area contributed by atoms with Gasteiger partial charge in [0, 0.05) is 18.2 Å². The van der Waals surface area contributed by atoms with Crippen LogP contribution in [-0.2, 0) is 4.79 Å². The Hall–Kier alpha value is -3.86. The van der Waals surface area contributed by atoms with Crippen LogP contribution < -0.4 is 20.2 Å². The Morgan fingerprint density at radius 1 is 1.22 bits per heavy atom. The molecule has 2 amide bonds. The third kappa shape index (κ3) is 5.86. The molecule has 0 aliphatic carbocycles. The molecule has 0 atom stereocenters. The molecule has 0 bridgehead atoms. The van der Waals surface area contributed by atoms with Crippen molar-refractivity contribution in [2.24, 2.45) is 5.10 Å². The van der Waals surface area contributed by atoms with E-state index in [1.54, 1.807) is 42.5 Å². The lowest BCUT2D eigenvalue weighted by Gasteiger charge is -2.08. The van der Waals surface area contributed by atoms with Crippen molar-refractivity contribution < 1.29 is 19.1 Å². The number of carbonyl (C=O) groups excluding carboxylic acids is 2. The van der Waals surface area contributed by atoms with Gasteiger partial charge < -0.3 is 14.8 Å². The van der Waals surface area contributed by atoms with Crippen molar-refractivity contribution in [2.45, 2.75) is 6.92 Å². The summed E-state index contributed by atoms with van der Waals surface area (Å²) < 4.78 is 10.4. The molecule has 27 heavy (non-hydrogen) atoms. The van der Waals surface area contributed by atoms with E-state index in [1.165, 1.54) is 20.2 Å². The largest absolute Gasteiger partial charge is 0.493 e. The number of rotatable bonds is 7. The first-order valence-corrected chi connectivity index (χ1v) is 7.92. The van der Waals surface area contributed by atoms with Gasteiger partial charge in [-0.1, -0.05) is 6.07 Å². The molecule has 138 valence electrons. The second-order valence-corrected chi connectivity index (χ2v) is 5.32.